The van der Waals surface area contributed by atoms with Gasteiger partial charge in [0.05, 0.1) is 36.1 Å². The summed E-state index contributed by atoms with van der Waals surface area (Å²) in [6.07, 6.45) is 3.43. The molecule has 0 spiro atoms. The van der Waals surface area contributed by atoms with Crippen LogP contribution in [0.25, 0.3) is 0 Å². The van der Waals surface area contributed by atoms with Crippen LogP contribution in [0.15, 0.2) is 48.8 Å². The van der Waals surface area contributed by atoms with Crippen molar-refractivity contribution < 1.29 is 0 Å². The first-order valence-corrected chi connectivity index (χ1v) is 8.58. The number of benzene rings is 1. The average molecular weight is 345 g/mol. The molecule has 130 valence electrons. The molecule has 1 N–H and O–H groups in total. The van der Waals surface area contributed by atoms with Gasteiger partial charge < -0.3 is 5.32 Å². The molecule has 3 aromatic rings. The lowest BCUT2D eigenvalue weighted by Crippen LogP contribution is -2.33. The molecule has 0 saturated heterocycles. The van der Waals surface area contributed by atoms with Crippen LogP contribution in [-0.4, -0.2) is 31.2 Å². The Morgan fingerprint density at radius 2 is 2.00 bits per heavy atom. The molecule has 0 amide bonds. The Kier molecular flexibility index (Phi) is 4.58. The topological polar surface area (TPSA) is 82.7 Å². The van der Waals surface area contributed by atoms with E-state index in [1.807, 2.05) is 18.2 Å². The van der Waals surface area contributed by atoms with Gasteiger partial charge in [0.15, 0.2) is 0 Å². The lowest BCUT2D eigenvalue weighted by molar-refractivity contribution is 0.205. The van der Waals surface area contributed by atoms with Crippen molar-refractivity contribution >= 4 is 5.95 Å². The molecule has 1 aliphatic rings. The van der Waals surface area contributed by atoms with Crippen LogP contribution in [0.3, 0.4) is 0 Å². The predicted molar refractivity (Wildman–Crippen MR) is 96.9 cm³/mol. The summed E-state index contributed by atoms with van der Waals surface area (Å²) in [5, 5.41) is 16.9. The lowest BCUT2D eigenvalue weighted by Gasteiger charge is -2.27. The number of aromatic nitrogens is 4. The molecule has 0 unspecified atom stereocenters. The molecule has 0 saturated carbocycles. The lowest BCUT2D eigenvalue weighted by atomic mass is 10.1. The number of nitrogens with one attached hydrogen (secondary N) is 1. The molecular weight excluding hydrogens is 326 g/mol. The maximum atomic E-state index is 9.04. The van der Waals surface area contributed by atoms with Gasteiger partial charge in [0, 0.05) is 32.0 Å². The SMILES string of the molecule is N#Cc1cccc(CN2CCn3nc(CNc4ncccn4)cc3C2)c1. The molecule has 4 rings (SSSR count). The van der Waals surface area contributed by atoms with Crippen LogP contribution in [0.1, 0.15) is 22.5 Å². The molecule has 26 heavy (non-hydrogen) atoms. The second-order valence-corrected chi connectivity index (χ2v) is 6.30. The Morgan fingerprint density at radius 1 is 1.12 bits per heavy atom. The van der Waals surface area contributed by atoms with Gasteiger partial charge in [-0.25, -0.2) is 9.97 Å². The summed E-state index contributed by atoms with van der Waals surface area (Å²) in [7, 11) is 0. The van der Waals surface area contributed by atoms with Crippen molar-refractivity contribution in [2.75, 3.05) is 11.9 Å². The van der Waals surface area contributed by atoms with Crippen LogP contribution in [-0.2, 0) is 26.2 Å². The third-order valence-corrected chi connectivity index (χ3v) is 4.38. The first-order valence-electron chi connectivity index (χ1n) is 8.58. The van der Waals surface area contributed by atoms with Crippen LogP contribution in [0.2, 0.25) is 0 Å². The summed E-state index contributed by atoms with van der Waals surface area (Å²) in [6, 6.07) is 13.9. The minimum absolute atomic E-state index is 0.605. The van der Waals surface area contributed by atoms with E-state index in [1.54, 1.807) is 18.5 Å². The highest BCUT2D eigenvalue weighted by molar-refractivity contribution is 5.32. The van der Waals surface area contributed by atoms with E-state index < -0.39 is 0 Å². The third-order valence-electron chi connectivity index (χ3n) is 4.38. The van der Waals surface area contributed by atoms with E-state index in [1.165, 1.54) is 11.3 Å². The molecule has 3 heterocycles. The molecule has 0 aliphatic carbocycles. The fourth-order valence-electron chi connectivity index (χ4n) is 3.16. The zero-order valence-electron chi connectivity index (χ0n) is 14.3. The Morgan fingerprint density at radius 3 is 2.85 bits per heavy atom. The van der Waals surface area contributed by atoms with Crippen molar-refractivity contribution in [1.29, 1.82) is 5.26 Å². The first-order chi connectivity index (χ1) is 12.8. The maximum absolute atomic E-state index is 9.04. The number of fused-ring (bicyclic) bond motifs is 1. The standard InChI is InChI=1S/C19H19N7/c20-11-15-3-1-4-16(9-15)13-25-7-8-26-18(14-25)10-17(24-26)12-23-19-21-5-2-6-22-19/h1-6,9-10H,7-8,12-14H2,(H,21,22,23). The second-order valence-electron chi connectivity index (χ2n) is 6.30. The van der Waals surface area contributed by atoms with E-state index in [2.05, 4.69) is 48.2 Å². The van der Waals surface area contributed by atoms with Gasteiger partial charge >= 0.3 is 0 Å². The van der Waals surface area contributed by atoms with E-state index in [0.29, 0.717) is 18.1 Å². The van der Waals surface area contributed by atoms with E-state index in [-0.39, 0.29) is 0 Å². The number of nitriles is 1. The molecular formula is C19H19N7. The zero-order valence-corrected chi connectivity index (χ0v) is 14.3. The summed E-state index contributed by atoms with van der Waals surface area (Å²) >= 11 is 0. The third kappa shape index (κ3) is 3.71. The Hall–Kier alpha value is -3.24. The molecule has 7 heteroatoms. The fraction of sp³-hybridized carbons (Fsp3) is 0.263. The summed E-state index contributed by atoms with van der Waals surface area (Å²) in [4.78, 5) is 10.7. The van der Waals surface area contributed by atoms with E-state index >= 15 is 0 Å². The van der Waals surface area contributed by atoms with Crippen LogP contribution in [0, 0.1) is 11.3 Å². The van der Waals surface area contributed by atoms with E-state index in [0.717, 1.165) is 31.9 Å². The highest BCUT2D eigenvalue weighted by atomic mass is 15.3. The number of hydrogen-bond acceptors (Lipinski definition) is 6. The molecule has 1 aliphatic heterocycles. The highest BCUT2D eigenvalue weighted by Crippen LogP contribution is 2.17. The van der Waals surface area contributed by atoms with Crippen molar-refractivity contribution in [3.63, 3.8) is 0 Å². The fourth-order valence-corrected chi connectivity index (χ4v) is 3.16. The Balaban J connectivity index is 1.39. The first kappa shape index (κ1) is 16.2. The van der Waals surface area contributed by atoms with Gasteiger partial charge in [0.25, 0.3) is 0 Å². The van der Waals surface area contributed by atoms with Crippen LogP contribution >= 0.6 is 0 Å². The number of nitrogens with zero attached hydrogens (tertiary/aromatic N) is 6. The minimum Gasteiger partial charge on any atom is -0.348 e. The van der Waals surface area contributed by atoms with E-state index in [4.69, 9.17) is 5.26 Å². The van der Waals surface area contributed by atoms with Gasteiger partial charge in [0.1, 0.15) is 0 Å². The van der Waals surface area contributed by atoms with Gasteiger partial charge in [-0.2, -0.15) is 10.4 Å². The van der Waals surface area contributed by atoms with Crippen molar-refractivity contribution in [1.82, 2.24) is 24.6 Å². The smallest absolute Gasteiger partial charge is 0.222 e. The van der Waals surface area contributed by atoms with Gasteiger partial charge in [-0.15, -0.1) is 0 Å². The molecule has 7 nitrogen and oxygen atoms in total. The zero-order chi connectivity index (χ0) is 17.8. The Bertz CT molecular complexity index is 927. The summed E-state index contributed by atoms with van der Waals surface area (Å²) in [5.41, 5.74) is 4.07. The van der Waals surface area contributed by atoms with Crippen LogP contribution < -0.4 is 5.32 Å². The molecule has 0 atom stereocenters. The molecule has 0 fully saturated rings. The van der Waals surface area contributed by atoms with Crippen molar-refractivity contribution in [2.24, 2.45) is 0 Å². The van der Waals surface area contributed by atoms with Gasteiger partial charge in [-0.3, -0.25) is 9.58 Å². The van der Waals surface area contributed by atoms with Crippen molar-refractivity contribution in [3.05, 3.63) is 71.3 Å². The molecule has 1 aromatic carbocycles. The largest absolute Gasteiger partial charge is 0.348 e. The van der Waals surface area contributed by atoms with Gasteiger partial charge in [0.2, 0.25) is 5.95 Å². The minimum atomic E-state index is 0.605. The van der Waals surface area contributed by atoms with Gasteiger partial charge in [-0.1, -0.05) is 12.1 Å². The van der Waals surface area contributed by atoms with E-state index in [9.17, 15) is 0 Å². The normalized spacial score (nSPS) is 13.8. The number of anilines is 1. The quantitative estimate of drug-likeness (QED) is 0.763. The molecule has 0 bridgehead atoms. The highest BCUT2D eigenvalue weighted by Gasteiger charge is 2.18. The predicted octanol–water partition coefficient (Wildman–Crippen LogP) is 2.17. The number of rotatable bonds is 5. The summed E-state index contributed by atoms with van der Waals surface area (Å²) in [5.74, 6) is 0.609. The molecule has 0 radical (unpaired) electrons. The number of hydrogen-bond donors (Lipinski definition) is 1. The summed E-state index contributed by atoms with van der Waals surface area (Å²) < 4.78 is 2.07. The Labute approximate surface area is 151 Å². The summed E-state index contributed by atoms with van der Waals surface area (Å²) in [6.45, 7) is 4.11. The van der Waals surface area contributed by atoms with Crippen LogP contribution in [0.5, 0.6) is 0 Å². The van der Waals surface area contributed by atoms with Crippen LogP contribution in [0.4, 0.5) is 5.95 Å². The average Bonchev–Trinajstić information content (AvgIpc) is 3.09. The monoisotopic (exact) mass is 345 g/mol. The van der Waals surface area contributed by atoms with Crippen molar-refractivity contribution in [2.45, 2.75) is 26.2 Å². The van der Waals surface area contributed by atoms with Crippen molar-refractivity contribution in [3.8, 4) is 6.07 Å². The second kappa shape index (κ2) is 7.33. The molecule has 2 aromatic heterocycles. The van der Waals surface area contributed by atoms with Gasteiger partial charge in [-0.05, 0) is 29.8 Å². The maximum Gasteiger partial charge on any atom is 0.222 e.